The molecule has 0 spiro atoms. The maximum absolute atomic E-state index is 13.0. The standard InChI is InChI=1S/C18H19NO4/c1-19-11-6-10-18(13-19,16(20)14-7-3-2-4-8-14)23-17(21)15-9-5-12-22-15/h2-5,7-9,12H,6,10-11,13H2,1H3. The van der Waals surface area contributed by atoms with Gasteiger partial charge in [0.15, 0.2) is 5.60 Å². The summed E-state index contributed by atoms with van der Waals surface area (Å²) in [4.78, 5) is 27.4. The highest BCUT2D eigenvalue weighted by atomic mass is 16.6. The highest BCUT2D eigenvalue weighted by Gasteiger charge is 2.45. The number of esters is 1. The number of furan rings is 1. The molecule has 1 aromatic carbocycles. The molecule has 1 aromatic heterocycles. The minimum atomic E-state index is -1.17. The van der Waals surface area contributed by atoms with Gasteiger partial charge in [0.25, 0.3) is 0 Å². The van der Waals surface area contributed by atoms with Gasteiger partial charge in [-0.05, 0) is 38.6 Å². The van der Waals surface area contributed by atoms with Gasteiger partial charge in [0.1, 0.15) is 0 Å². The second kappa shape index (κ2) is 6.38. The van der Waals surface area contributed by atoms with Crippen LogP contribution in [0.4, 0.5) is 0 Å². The van der Waals surface area contributed by atoms with E-state index < -0.39 is 11.6 Å². The number of hydrogen-bond acceptors (Lipinski definition) is 5. The Morgan fingerprint density at radius 1 is 1.17 bits per heavy atom. The van der Waals surface area contributed by atoms with E-state index in [1.807, 2.05) is 30.1 Å². The van der Waals surface area contributed by atoms with Gasteiger partial charge < -0.3 is 14.1 Å². The molecule has 0 radical (unpaired) electrons. The lowest BCUT2D eigenvalue weighted by molar-refractivity contribution is -0.0384. The Bertz CT molecular complexity index is 680. The minimum absolute atomic E-state index is 0.110. The van der Waals surface area contributed by atoms with Crippen LogP contribution in [-0.4, -0.2) is 42.4 Å². The van der Waals surface area contributed by atoms with Crippen molar-refractivity contribution in [3.63, 3.8) is 0 Å². The molecule has 3 rings (SSSR count). The molecule has 1 atom stereocenters. The zero-order valence-electron chi connectivity index (χ0n) is 13.0. The van der Waals surface area contributed by atoms with Gasteiger partial charge in [0.2, 0.25) is 11.5 Å². The fraction of sp³-hybridized carbons (Fsp3) is 0.333. The summed E-state index contributed by atoms with van der Waals surface area (Å²) in [7, 11) is 1.92. The summed E-state index contributed by atoms with van der Waals surface area (Å²) in [6, 6.07) is 12.1. The number of hydrogen-bond donors (Lipinski definition) is 0. The number of piperidine rings is 1. The lowest BCUT2D eigenvalue weighted by Crippen LogP contribution is -2.54. The van der Waals surface area contributed by atoms with E-state index in [2.05, 4.69) is 0 Å². The largest absolute Gasteiger partial charge is 0.457 e. The second-order valence-electron chi connectivity index (χ2n) is 5.90. The van der Waals surface area contributed by atoms with E-state index in [9.17, 15) is 9.59 Å². The van der Waals surface area contributed by atoms with Crippen LogP contribution in [0.25, 0.3) is 0 Å². The van der Waals surface area contributed by atoms with Crippen molar-refractivity contribution in [2.75, 3.05) is 20.1 Å². The van der Waals surface area contributed by atoms with Crippen molar-refractivity contribution in [3.05, 3.63) is 60.1 Å². The molecule has 120 valence electrons. The molecular weight excluding hydrogens is 294 g/mol. The molecule has 0 saturated carbocycles. The number of carbonyl (C=O) groups excluding carboxylic acids is 2. The summed E-state index contributed by atoms with van der Waals surface area (Å²) in [5.74, 6) is -0.655. The summed E-state index contributed by atoms with van der Waals surface area (Å²) >= 11 is 0. The first-order valence-electron chi connectivity index (χ1n) is 7.66. The van der Waals surface area contributed by atoms with Crippen molar-refractivity contribution < 1.29 is 18.7 Å². The molecular formula is C18H19NO4. The van der Waals surface area contributed by atoms with Crippen molar-refractivity contribution in [1.82, 2.24) is 4.90 Å². The van der Waals surface area contributed by atoms with E-state index >= 15 is 0 Å². The highest BCUT2D eigenvalue weighted by Crippen LogP contribution is 2.30. The molecule has 5 nitrogen and oxygen atoms in total. The quantitative estimate of drug-likeness (QED) is 0.641. The molecule has 1 unspecified atom stereocenters. The minimum Gasteiger partial charge on any atom is -0.457 e. The van der Waals surface area contributed by atoms with E-state index in [0.29, 0.717) is 18.5 Å². The Balaban J connectivity index is 1.91. The zero-order valence-corrected chi connectivity index (χ0v) is 13.0. The van der Waals surface area contributed by atoms with Crippen molar-refractivity contribution >= 4 is 11.8 Å². The number of ether oxygens (including phenoxy) is 1. The van der Waals surface area contributed by atoms with Gasteiger partial charge in [0, 0.05) is 12.1 Å². The van der Waals surface area contributed by atoms with Crippen molar-refractivity contribution in [2.24, 2.45) is 0 Å². The Morgan fingerprint density at radius 2 is 1.96 bits per heavy atom. The van der Waals surface area contributed by atoms with Crippen LogP contribution < -0.4 is 0 Å². The first-order chi connectivity index (χ1) is 11.1. The Kier molecular flexibility index (Phi) is 4.30. The third-order valence-electron chi connectivity index (χ3n) is 4.11. The average molecular weight is 313 g/mol. The summed E-state index contributed by atoms with van der Waals surface area (Å²) in [5, 5.41) is 0. The van der Waals surface area contributed by atoms with E-state index in [4.69, 9.17) is 9.15 Å². The van der Waals surface area contributed by atoms with Crippen LogP contribution in [0.15, 0.2) is 53.1 Å². The van der Waals surface area contributed by atoms with Crippen LogP contribution in [-0.2, 0) is 4.74 Å². The van der Waals surface area contributed by atoms with Crippen LogP contribution in [0.3, 0.4) is 0 Å². The first kappa shape index (κ1) is 15.5. The van der Waals surface area contributed by atoms with E-state index in [-0.39, 0.29) is 11.5 Å². The van der Waals surface area contributed by atoms with Gasteiger partial charge in [0.05, 0.1) is 6.26 Å². The second-order valence-corrected chi connectivity index (χ2v) is 5.90. The number of likely N-dealkylation sites (tertiary alicyclic amines) is 1. The maximum atomic E-state index is 13.0. The smallest absolute Gasteiger partial charge is 0.375 e. The fourth-order valence-corrected chi connectivity index (χ4v) is 3.02. The normalized spacial score (nSPS) is 21.8. The molecule has 0 aliphatic carbocycles. The van der Waals surface area contributed by atoms with Gasteiger partial charge in [-0.3, -0.25) is 4.79 Å². The molecule has 1 aliphatic heterocycles. The van der Waals surface area contributed by atoms with Crippen LogP contribution in [0.2, 0.25) is 0 Å². The molecule has 23 heavy (non-hydrogen) atoms. The molecule has 0 N–H and O–H groups in total. The molecule has 1 fully saturated rings. The number of benzene rings is 1. The third-order valence-corrected chi connectivity index (χ3v) is 4.11. The number of likely N-dealkylation sites (N-methyl/N-ethyl adjacent to an activating group) is 1. The predicted octanol–water partition coefficient (Wildman–Crippen LogP) is 2.78. The van der Waals surface area contributed by atoms with Gasteiger partial charge in [-0.1, -0.05) is 30.3 Å². The molecule has 1 aliphatic rings. The summed E-state index contributed by atoms with van der Waals surface area (Å²) in [6.45, 7) is 1.26. The van der Waals surface area contributed by atoms with Crippen molar-refractivity contribution in [2.45, 2.75) is 18.4 Å². The highest BCUT2D eigenvalue weighted by molar-refractivity contribution is 6.04. The van der Waals surface area contributed by atoms with Gasteiger partial charge >= 0.3 is 5.97 Å². The zero-order chi connectivity index (χ0) is 16.3. The lowest BCUT2D eigenvalue weighted by Gasteiger charge is -2.39. The molecule has 2 aromatic rings. The molecule has 1 saturated heterocycles. The summed E-state index contributed by atoms with van der Waals surface area (Å²) in [6.07, 6.45) is 2.72. The summed E-state index contributed by atoms with van der Waals surface area (Å²) in [5.41, 5.74) is -0.617. The Morgan fingerprint density at radius 3 is 2.61 bits per heavy atom. The van der Waals surface area contributed by atoms with Crippen molar-refractivity contribution in [1.29, 1.82) is 0 Å². The number of Topliss-reactive ketones (excluding diaryl/α,β-unsaturated/α-hetero) is 1. The molecule has 0 bridgehead atoms. The van der Waals surface area contributed by atoms with Crippen molar-refractivity contribution in [3.8, 4) is 0 Å². The summed E-state index contributed by atoms with van der Waals surface area (Å²) < 4.78 is 10.8. The van der Waals surface area contributed by atoms with Crippen LogP contribution in [0.1, 0.15) is 33.8 Å². The van der Waals surface area contributed by atoms with Crippen LogP contribution in [0.5, 0.6) is 0 Å². The molecule has 0 amide bonds. The number of ketones is 1. The molecule has 5 heteroatoms. The van der Waals surface area contributed by atoms with Crippen LogP contribution >= 0.6 is 0 Å². The maximum Gasteiger partial charge on any atom is 0.375 e. The van der Waals surface area contributed by atoms with E-state index in [0.717, 1.165) is 13.0 Å². The third kappa shape index (κ3) is 3.19. The Hall–Kier alpha value is -2.40. The Labute approximate surface area is 134 Å². The van der Waals surface area contributed by atoms with E-state index in [1.165, 1.54) is 12.3 Å². The number of nitrogens with zero attached hydrogens (tertiary/aromatic N) is 1. The van der Waals surface area contributed by atoms with Gasteiger partial charge in [-0.2, -0.15) is 0 Å². The van der Waals surface area contributed by atoms with Gasteiger partial charge in [-0.25, -0.2) is 4.79 Å². The monoisotopic (exact) mass is 313 g/mol. The predicted molar refractivity (Wildman–Crippen MR) is 84.4 cm³/mol. The lowest BCUT2D eigenvalue weighted by atomic mass is 9.85. The number of rotatable bonds is 4. The number of carbonyl (C=O) groups is 2. The fourth-order valence-electron chi connectivity index (χ4n) is 3.02. The molecule has 2 heterocycles. The topological polar surface area (TPSA) is 59.8 Å². The SMILES string of the molecule is CN1CCCC(OC(=O)c2ccco2)(C(=O)c2ccccc2)C1. The van der Waals surface area contributed by atoms with Gasteiger partial charge in [-0.15, -0.1) is 0 Å². The van der Waals surface area contributed by atoms with Crippen LogP contribution in [0, 0.1) is 0 Å². The average Bonchev–Trinajstić information content (AvgIpc) is 3.09. The first-order valence-corrected chi connectivity index (χ1v) is 7.66. The van der Waals surface area contributed by atoms with E-state index in [1.54, 1.807) is 18.2 Å².